The number of carbonyl (C=O) groups excluding carboxylic acids is 2. The number of halogens is 1. The molecule has 0 aromatic heterocycles. The molecule has 1 unspecified atom stereocenters. The molecule has 2 amide bonds. The zero-order valence-corrected chi connectivity index (χ0v) is 23.5. The van der Waals surface area contributed by atoms with Gasteiger partial charge < -0.3 is 10.1 Å². The largest absolute Gasteiger partial charge is 0.463 e. The first-order chi connectivity index (χ1) is 17.5. The van der Waals surface area contributed by atoms with Gasteiger partial charge >= 0.3 is 12.0 Å². The summed E-state index contributed by atoms with van der Waals surface area (Å²) in [5, 5.41) is 3.62. The van der Waals surface area contributed by atoms with E-state index in [0.717, 1.165) is 18.4 Å². The van der Waals surface area contributed by atoms with Crippen LogP contribution in [0, 0.1) is 0 Å². The number of benzene rings is 1. The molecular weight excluding hydrogens is 472 g/mol. The van der Waals surface area contributed by atoms with Gasteiger partial charge in [0.15, 0.2) is 0 Å². The summed E-state index contributed by atoms with van der Waals surface area (Å²) in [5.41, 5.74) is 1.97. The highest BCUT2D eigenvalue weighted by molar-refractivity contribution is 6.30. The Kier molecular flexibility index (Phi) is 14.6. The normalized spacial score (nSPS) is 15.8. The van der Waals surface area contributed by atoms with E-state index in [2.05, 4.69) is 12.2 Å². The summed E-state index contributed by atoms with van der Waals surface area (Å²) in [7, 11) is 0. The van der Waals surface area contributed by atoms with E-state index in [4.69, 9.17) is 16.3 Å². The number of amides is 2. The molecule has 6 heteroatoms. The maximum atomic E-state index is 12.9. The fourth-order valence-corrected chi connectivity index (χ4v) is 5.02. The minimum atomic E-state index is -0.540. The van der Waals surface area contributed by atoms with Crippen molar-refractivity contribution in [2.45, 2.75) is 117 Å². The van der Waals surface area contributed by atoms with Gasteiger partial charge in [-0.1, -0.05) is 114 Å². The van der Waals surface area contributed by atoms with Gasteiger partial charge in [0.25, 0.3) is 0 Å². The Morgan fingerprint density at radius 1 is 0.861 bits per heavy atom. The highest BCUT2D eigenvalue weighted by atomic mass is 35.5. The molecule has 1 aromatic carbocycles. The van der Waals surface area contributed by atoms with E-state index < -0.39 is 6.04 Å². The molecule has 1 aromatic rings. The maximum absolute atomic E-state index is 12.9. The first kappa shape index (κ1) is 30.2. The minimum Gasteiger partial charge on any atom is -0.463 e. The molecule has 0 saturated heterocycles. The number of ether oxygens (including phenoxy) is 1. The van der Waals surface area contributed by atoms with E-state index in [9.17, 15) is 9.59 Å². The average Bonchev–Trinajstić information content (AvgIpc) is 2.86. The third-order valence-electron chi connectivity index (χ3n) is 7.03. The van der Waals surface area contributed by atoms with Gasteiger partial charge in [0.2, 0.25) is 0 Å². The fourth-order valence-electron chi connectivity index (χ4n) is 4.89. The van der Waals surface area contributed by atoms with Gasteiger partial charge in [-0.2, -0.15) is 0 Å². The van der Waals surface area contributed by atoms with Crippen LogP contribution >= 0.6 is 11.6 Å². The Labute approximate surface area is 224 Å². The first-order valence-corrected chi connectivity index (χ1v) is 14.6. The lowest BCUT2D eigenvalue weighted by Crippen LogP contribution is -2.48. The predicted molar refractivity (Wildman–Crippen MR) is 149 cm³/mol. The van der Waals surface area contributed by atoms with Crippen molar-refractivity contribution in [3.63, 3.8) is 0 Å². The van der Waals surface area contributed by atoms with Crippen molar-refractivity contribution in [1.29, 1.82) is 0 Å². The number of hydrogen-bond donors (Lipinski definition) is 1. The zero-order chi connectivity index (χ0) is 26.2. The summed E-state index contributed by atoms with van der Waals surface area (Å²) >= 11 is 6.03. The molecule has 0 radical (unpaired) electrons. The Morgan fingerprint density at radius 3 is 1.86 bits per heavy atom. The first-order valence-electron chi connectivity index (χ1n) is 14.2. The van der Waals surface area contributed by atoms with Gasteiger partial charge in [-0.25, -0.2) is 9.59 Å². The van der Waals surface area contributed by atoms with E-state index in [0.29, 0.717) is 22.8 Å². The number of unbranched alkanes of at least 4 members (excludes halogenated alkanes) is 13. The number of nitrogens with zero attached hydrogens (tertiary/aromatic N) is 1. The number of hydrogen-bond acceptors (Lipinski definition) is 3. The lowest BCUT2D eigenvalue weighted by Gasteiger charge is -2.35. The second kappa shape index (κ2) is 17.4. The lowest BCUT2D eigenvalue weighted by molar-refractivity contribution is -0.139. The summed E-state index contributed by atoms with van der Waals surface area (Å²) in [6.45, 7) is 6.79. The molecule has 1 aliphatic rings. The van der Waals surface area contributed by atoms with E-state index in [-0.39, 0.29) is 18.6 Å². The van der Waals surface area contributed by atoms with Crippen molar-refractivity contribution < 1.29 is 14.3 Å². The molecular formula is C30H47ClN2O3. The van der Waals surface area contributed by atoms with Crippen LogP contribution in [0.2, 0.25) is 5.02 Å². The van der Waals surface area contributed by atoms with Gasteiger partial charge in [-0.15, -0.1) is 0 Å². The molecule has 1 heterocycles. The molecule has 36 heavy (non-hydrogen) atoms. The van der Waals surface area contributed by atoms with E-state index >= 15 is 0 Å². The fraction of sp³-hybridized carbons (Fsp3) is 0.667. The van der Waals surface area contributed by atoms with E-state index in [1.54, 1.807) is 24.0 Å². The highest BCUT2D eigenvalue weighted by Crippen LogP contribution is 2.32. The summed E-state index contributed by atoms with van der Waals surface area (Å²) in [4.78, 5) is 27.5. The third kappa shape index (κ3) is 10.2. The maximum Gasteiger partial charge on any atom is 0.338 e. The molecule has 0 saturated carbocycles. The molecule has 1 N–H and O–H groups in total. The van der Waals surface area contributed by atoms with Crippen LogP contribution in [0.1, 0.15) is 122 Å². The van der Waals surface area contributed by atoms with Gasteiger partial charge in [-0.3, -0.25) is 4.90 Å². The number of allylic oxidation sites excluding steroid dienone is 1. The van der Waals surface area contributed by atoms with E-state index in [1.807, 2.05) is 19.1 Å². The second-order valence-electron chi connectivity index (χ2n) is 9.90. The molecule has 0 fully saturated rings. The van der Waals surface area contributed by atoms with Crippen LogP contribution < -0.4 is 5.32 Å². The van der Waals surface area contributed by atoms with Crippen LogP contribution in [0.25, 0.3) is 0 Å². The lowest BCUT2D eigenvalue weighted by atomic mass is 9.95. The SMILES string of the molecule is CCCCCCCCCCCCCCCCN1C(=O)NC(c2ccc(Cl)cc2)C(C(=O)OCC)=C1C. The van der Waals surface area contributed by atoms with Crippen LogP contribution in [0.5, 0.6) is 0 Å². The van der Waals surface area contributed by atoms with Crippen molar-refractivity contribution in [2.24, 2.45) is 0 Å². The van der Waals surface area contributed by atoms with Crippen LogP contribution in [0.4, 0.5) is 4.79 Å². The standard InChI is InChI=1S/C30H47ClN2O3/c1-4-6-7-8-9-10-11-12-13-14-15-16-17-18-23-33-24(3)27(29(34)36-5-2)28(32-30(33)35)25-19-21-26(31)22-20-25/h19-22,28H,4-18,23H2,1-3H3,(H,32,35). The van der Waals surface area contributed by atoms with Gasteiger partial charge in [0.1, 0.15) is 0 Å². The second-order valence-corrected chi connectivity index (χ2v) is 10.3. The molecule has 2 rings (SSSR count). The average molecular weight is 519 g/mol. The third-order valence-corrected chi connectivity index (χ3v) is 7.28. The summed E-state index contributed by atoms with van der Waals surface area (Å²) < 4.78 is 5.34. The van der Waals surface area contributed by atoms with Crippen LogP contribution in [0.3, 0.4) is 0 Å². The molecule has 0 spiro atoms. The number of nitrogens with one attached hydrogen (secondary N) is 1. The topological polar surface area (TPSA) is 58.6 Å². The molecule has 1 aliphatic heterocycles. The van der Waals surface area contributed by atoms with Crippen molar-refractivity contribution in [3.05, 3.63) is 46.1 Å². The number of rotatable bonds is 18. The van der Waals surface area contributed by atoms with Gasteiger partial charge in [0, 0.05) is 17.3 Å². The molecule has 0 aliphatic carbocycles. The van der Waals surface area contributed by atoms with Crippen molar-refractivity contribution >= 4 is 23.6 Å². The summed E-state index contributed by atoms with van der Waals surface area (Å²) in [6.07, 6.45) is 18.1. The Bertz CT molecular complexity index is 822. The number of esters is 1. The Hall–Kier alpha value is -2.01. The minimum absolute atomic E-state index is 0.171. The van der Waals surface area contributed by atoms with Crippen molar-refractivity contribution in [3.8, 4) is 0 Å². The highest BCUT2D eigenvalue weighted by Gasteiger charge is 2.36. The summed E-state index contributed by atoms with van der Waals surface area (Å²) in [6, 6.07) is 6.49. The van der Waals surface area contributed by atoms with Crippen LogP contribution in [-0.2, 0) is 9.53 Å². The molecule has 202 valence electrons. The molecule has 5 nitrogen and oxygen atoms in total. The van der Waals surface area contributed by atoms with Crippen LogP contribution in [0.15, 0.2) is 35.5 Å². The molecule has 1 atom stereocenters. The quantitative estimate of drug-likeness (QED) is 0.156. The molecule has 0 bridgehead atoms. The number of urea groups is 1. The predicted octanol–water partition coefficient (Wildman–Crippen LogP) is 8.72. The van der Waals surface area contributed by atoms with Crippen molar-refractivity contribution in [2.75, 3.05) is 13.2 Å². The van der Waals surface area contributed by atoms with Gasteiger partial charge in [0.05, 0.1) is 18.2 Å². The van der Waals surface area contributed by atoms with Crippen LogP contribution in [-0.4, -0.2) is 30.1 Å². The van der Waals surface area contributed by atoms with E-state index in [1.165, 1.54) is 77.0 Å². The Balaban J connectivity index is 1.76. The summed E-state index contributed by atoms with van der Waals surface area (Å²) in [5.74, 6) is -0.388. The Morgan fingerprint density at radius 2 is 1.36 bits per heavy atom. The van der Waals surface area contributed by atoms with Crippen molar-refractivity contribution in [1.82, 2.24) is 10.2 Å². The monoisotopic (exact) mass is 518 g/mol. The zero-order valence-electron chi connectivity index (χ0n) is 22.8. The van der Waals surface area contributed by atoms with Gasteiger partial charge in [-0.05, 0) is 38.0 Å². The number of carbonyl (C=O) groups is 2. The smallest absolute Gasteiger partial charge is 0.338 e.